The van der Waals surface area contributed by atoms with Crippen molar-refractivity contribution >= 4 is 23.0 Å². The molecule has 1 atom stereocenters. The van der Waals surface area contributed by atoms with E-state index < -0.39 is 0 Å². The number of halogens is 1. The third-order valence-electron chi connectivity index (χ3n) is 2.34. The highest BCUT2D eigenvalue weighted by Crippen LogP contribution is 2.27. The second-order valence-corrected chi connectivity index (χ2v) is 4.27. The van der Waals surface area contributed by atoms with Gasteiger partial charge < -0.3 is 11.1 Å². The second-order valence-electron chi connectivity index (χ2n) is 3.86. The minimum absolute atomic E-state index is 0.164. The first-order valence-electron chi connectivity index (χ1n) is 5.29. The molecule has 17 heavy (non-hydrogen) atoms. The Labute approximate surface area is 105 Å². The van der Waals surface area contributed by atoms with Gasteiger partial charge in [-0.15, -0.1) is 0 Å². The number of anilines is 2. The topological polar surface area (TPSA) is 68.8 Å². The summed E-state index contributed by atoms with van der Waals surface area (Å²) < 4.78 is 1.85. The molecule has 2 rings (SSSR count). The van der Waals surface area contributed by atoms with Crippen LogP contribution >= 0.6 is 11.6 Å². The van der Waals surface area contributed by atoms with Gasteiger partial charge in [-0.25, -0.2) is 0 Å². The number of nitrogen functional groups attached to an aromatic ring is 1. The molecule has 0 saturated heterocycles. The zero-order valence-corrected chi connectivity index (χ0v) is 10.2. The molecule has 2 aromatic rings. The number of hydrogen-bond donors (Lipinski definition) is 2. The molecule has 0 spiro atoms. The number of nitrogens with two attached hydrogens (primary N) is 1. The van der Waals surface area contributed by atoms with Crippen LogP contribution in [0.2, 0.25) is 5.02 Å². The summed E-state index contributed by atoms with van der Waals surface area (Å²) >= 11 is 6.03. The first-order chi connectivity index (χ1) is 8.16. The van der Waals surface area contributed by atoms with Gasteiger partial charge in [-0.3, -0.25) is 9.67 Å². The van der Waals surface area contributed by atoms with Crippen molar-refractivity contribution in [2.24, 2.45) is 0 Å². The summed E-state index contributed by atoms with van der Waals surface area (Å²) in [6, 6.07) is 2.05. The van der Waals surface area contributed by atoms with E-state index in [1.165, 1.54) is 0 Å². The largest absolute Gasteiger partial charge is 0.396 e. The van der Waals surface area contributed by atoms with E-state index in [1.807, 2.05) is 23.9 Å². The summed E-state index contributed by atoms with van der Waals surface area (Å²) in [5.41, 5.74) is 7.08. The van der Waals surface area contributed by atoms with Gasteiger partial charge in [0.15, 0.2) is 0 Å². The molecule has 6 heteroatoms. The lowest BCUT2D eigenvalue weighted by Gasteiger charge is -2.17. The molecular formula is C11H14ClN5. The van der Waals surface area contributed by atoms with Crippen LogP contribution < -0.4 is 11.1 Å². The van der Waals surface area contributed by atoms with Crippen LogP contribution in [0.4, 0.5) is 11.4 Å². The van der Waals surface area contributed by atoms with E-state index in [4.69, 9.17) is 17.3 Å². The minimum atomic E-state index is 0.164. The molecule has 1 unspecified atom stereocenters. The van der Waals surface area contributed by atoms with Gasteiger partial charge in [0.05, 0.1) is 29.1 Å². The second kappa shape index (κ2) is 5.05. The first kappa shape index (κ1) is 11.7. The van der Waals surface area contributed by atoms with Crippen molar-refractivity contribution in [3.63, 3.8) is 0 Å². The summed E-state index contributed by atoms with van der Waals surface area (Å²) in [6.07, 6.45) is 6.81. The SMILES string of the molecule is CC(Cn1cccn1)Nc1c(N)cncc1Cl. The van der Waals surface area contributed by atoms with E-state index in [0.717, 1.165) is 12.2 Å². The number of hydrogen-bond acceptors (Lipinski definition) is 4. The van der Waals surface area contributed by atoms with E-state index >= 15 is 0 Å². The Morgan fingerprint density at radius 2 is 2.35 bits per heavy atom. The standard InChI is InChI=1S/C11H14ClN5/c1-8(7-17-4-2-3-15-17)16-11-9(12)5-14-6-10(11)13/h2-6,8H,7,13H2,1H3,(H,14,16). The Morgan fingerprint density at radius 1 is 1.53 bits per heavy atom. The van der Waals surface area contributed by atoms with Crippen molar-refractivity contribution in [3.05, 3.63) is 35.9 Å². The van der Waals surface area contributed by atoms with Gasteiger partial charge in [0.2, 0.25) is 0 Å². The monoisotopic (exact) mass is 251 g/mol. The van der Waals surface area contributed by atoms with Crippen molar-refractivity contribution in [2.75, 3.05) is 11.1 Å². The normalized spacial score (nSPS) is 12.4. The lowest BCUT2D eigenvalue weighted by atomic mass is 10.3. The van der Waals surface area contributed by atoms with E-state index in [1.54, 1.807) is 18.6 Å². The summed E-state index contributed by atoms with van der Waals surface area (Å²) in [5, 5.41) is 7.93. The van der Waals surface area contributed by atoms with Crippen LogP contribution in [-0.2, 0) is 6.54 Å². The molecule has 90 valence electrons. The first-order valence-corrected chi connectivity index (χ1v) is 5.67. The zero-order valence-electron chi connectivity index (χ0n) is 9.47. The van der Waals surface area contributed by atoms with Crippen LogP contribution in [0.5, 0.6) is 0 Å². The molecule has 0 aliphatic heterocycles. The highest BCUT2D eigenvalue weighted by molar-refractivity contribution is 6.33. The van der Waals surface area contributed by atoms with Gasteiger partial charge in [0, 0.05) is 24.6 Å². The summed E-state index contributed by atoms with van der Waals surface area (Å²) in [4.78, 5) is 3.91. The predicted octanol–water partition coefficient (Wildman–Crippen LogP) is 2.01. The van der Waals surface area contributed by atoms with Crippen molar-refractivity contribution in [1.29, 1.82) is 0 Å². The number of pyridine rings is 1. The minimum Gasteiger partial charge on any atom is -0.396 e. The van der Waals surface area contributed by atoms with E-state index in [9.17, 15) is 0 Å². The predicted molar refractivity (Wildman–Crippen MR) is 69.0 cm³/mol. The average molecular weight is 252 g/mol. The van der Waals surface area contributed by atoms with Gasteiger partial charge in [0.1, 0.15) is 0 Å². The van der Waals surface area contributed by atoms with Crippen LogP contribution in [0.3, 0.4) is 0 Å². The van der Waals surface area contributed by atoms with Crippen LogP contribution in [0.1, 0.15) is 6.92 Å². The molecule has 0 amide bonds. The van der Waals surface area contributed by atoms with E-state index in [-0.39, 0.29) is 6.04 Å². The van der Waals surface area contributed by atoms with E-state index in [2.05, 4.69) is 15.4 Å². The highest BCUT2D eigenvalue weighted by atomic mass is 35.5. The quantitative estimate of drug-likeness (QED) is 0.872. The molecule has 0 fully saturated rings. The van der Waals surface area contributed by atoms with Gasteiger partial charge in [-0.1, -0.05) is 11.6 Å². The number of nitrogens with zero attached hydrogens (tertiary/aromatic N) is 3. The van der Waals surface area contributed by atoms with Crippen LogP contribution in [-0.4, -0.2) is 20.8 Å². The fourth-order valence-corrected chi connectivity index (χ4v) is 1.80. The maximum absolute atomic E-state index is 6.03. The van der Waals surface area contributed by atoms with Gasteiger partial charge in [0.25, 0.3) is 0 Å². The maximum atomic E-state index is 6.03. The van der Waals surface area contributed by atoms with Gasteiger partial charge >= 0.3 is 0 Å². The lowest BCUT2D eigenvalue weighted by molar-refractivity contribution is 0.561. The Morgan fingerprint density at radius 3 is 3.00 bits per heavy atom. The summed E-state index contributed by atoms with van der Waals surface area (Å²) in [7, 11) is 0. The zero-order chi connectivity index (χ0) is 12.3. The van der Waals surface area contributed by atoms with Crippen molar-refractivity contribution in [2.45, 2.75) is 19.5 Å². The van der Waals surface area contributed by atoms with Crippen LogP contribution in [0, 0.1) is 0 Å². The molecule has 0 saturated carbocycles. The number of rotatable bonds is 4. The fourth-order valence-electron chi connectivity index (χ4n) is 1.58. The van der Waals surface area contributed by atoms with Crippen molar-refractivity contribution in [3.8, 4) is 0 Å². The Hall–Kier alpha value is -1.75. The molecule has 2 aromatic heterocycles. The Kier molecular flexibility index (Phi) is 3.49. The molecular weight excluding hydrogens is 238 g/mol. The van der Waals surface area contributed by atoms with Gasteiger partial charge in [-0.05, 0) is 13.0 Å². The molecule has 3 N–H and O–H groups in total. The van der Waals surface area contributed by atoms with Crippen LogP contribution in [0.25, 0.3) is 0 Å². The molecule has 0 aromatic carbocycles. The van der Waals surface area contributed by atoms with E-state index in [0.29, 0.717) is 10.7 Å². The van der Waals surface area contributed by atoms with Crippen molar-refractivity contribution < 1.29 is 0 Å². The third-order valence-corrected chi connectivity index (χ3v) is 2.63. The Balaban J connectivity index is 2.05. The maximum Gasteiger partial charge on any atom is 0.0841 e. The molecule has 0 bridgehead atoms. The number of nitrogens with one attached hydrogen (secondary N) is 1. The van der Waals surface area contributed by atoms with Crippen molar-refractivity contribution in [1.82, 2.24) is 14.8 Å². The summed E-state index contributed by atoms with van der Waals surface area (Å²) in [5.74, 6) is 0. The number of aromatic nitrogens is 3. The van der Waals surface area contributed by atoms with Gasteiger partial charge in [-0.2, -0.15) is 5.10 Å². The average Bonchev–Trinajstić information content (AvgIpc) is 2.76. The smallest absolute Gasteiger partial charge is 0.0841 e. The van der Waals surface area contributed by atoms with Crippen LogP contribution in [0.15, 0.2) is 30.9 Å². The Bertz CT molecular complexity index is 462. The third kappa shape index (κ3) is 2.88. The molecule has 2 heterocycles. The molecule has 0 aliphatic carbocycles. The highest BCUT2D eigenvalue weighted by Gasteiger charge is 2.09. The molecule has 0 aliphatic rings. The molecule has 5 nitrogen and oxygen atoms in total. The fraction of sp³-hybridized carbons (Fsp3) is 0.273. The molecule has 0 radical (unpaired) electrons. The lowest BCUT2D eigenvalue weighted by Crippen LogP contribution is -2.23. The summed E-state index contributed by atoms with van der Waals surface area (Å²) in [6.45, 7) is 2.78.